The van der Waals surface area contributed by atoms with E-state index in [9.17, 15) is 56.3 Å². The summed E-state index contributed by atoms with van der Waals surface area (Å²) in [6.45, 7) is 0. The Morgan fingerprint density at radius 3 is 1.29 bits per heavy atom. The molecular weight excluding hydrogens is 371 g/mol. The van der Waals surface area contributed by atoms with Crippen LogP contribution in [0, 0.1) is 4.58 Å². The van der Waals surface area contributed by atoms with Gasteiger partial charge in [0.05, 0.1) is 0 Å². The maximum atomic E-state index is 13.0. The SMILES string of the molecule is O=S1(=O)[C-](CC(F)(F)F)S(=O)(=O)C(F)(F)C(F)(F)C1(F)F. The average molecular weight is 373 g/mol. The molecular formula is C6H2F9O4S2-. The molecule has 1 aliphatic rings. The van der Waals surface area contributed by atoms with E-state index in [1.807, 2.05) is 0 Å². The molecule has 1 rings (SSSR count). The van der Waals surface area contributed by atoms with Crippen molar-refractivity contribution < 1.29 is 56.3 Å². The Labute approximate surface area is 110 Å². The maximum Gasteiger partial charge on any atom is 0.395 e. The minimum atomic E-state index is -7.18. The molecule has 0 saturated carbocycles. The van der Waals surface area contributed by atoms with Crippen LogP contribution in [0.25, 0.3) is 0 Å². The van der Waals surface area contributed by atoms with Gasteiger partial charge in [-0.1, -0.05) is 11.0 Å². The molecule has 0 atom stereocenters. The van der Waals surface area contributed by atoms with E-state index in [1.54, 1.807) is 0 Å². The molecule has 0 aromatic carbocycles. The summed E-state index contributed by atoms with van der Waals surface area (Å²) in [6, 6.07) is 0. The first kappa shape index (κ1) is 18.3. The lowest BCUT2D eigenvalue weighted by Crippen LogP contribution is -2.67. The first-order valence-electron chi connectivity index (χ1n) is 4.39. The highest BCUT2D eigenvalue weighted by Crippen LogP contribution is 2.61. The van der Waals surface area contributed by atoms with Gasteiger partial charge in [0.15, 0.2) is 0 Å². The molecule has 1 saturated heterocycles. The number of hydrogen-bond donors (Lipinski definition) is 0. The van der Waals surface area contributed by atoms with Crippen molar-refractivity contribution in [3.63, 3.8) is 0 Å². The van der Waals surface area contributed by atoms with Crippen LogP contribution in [0.15, 0.2) is 0 Å². The Hall–Kier alpha value is -0.730. The van der Waals surface area contributed by atoms with Gasteiger partial charge in [0.2, 0.25) is 0 Å². The van der Waals surface area contributed by atoms with Crippen LogP contribution >= 0.6 is 0 Å². The smallest absolute Gasteiger partial charge is 0.255 e. The first-order chi connectivity index (χ1) is 8.84. The molecule has 126 valence electrons. The van der Waals surface area contributed by atoms with Crippen LogP contribution in [-0.4, -0.2) is 39.4 Å². The van der Waals surface area contributed by atoms with Crippen molar-refractivity contribution in [1.82, 2.24) is 0 Å². The Balaban J connectivity index is 3.76. The van der Waals surface area contributed by atoms with Crippen LogP contribution in [0.2, 0.25) is 0 Å². The normalized spacial score (nSPS) is 30.0. The van der Waals surface area contributed by atoms with Crippen molar-refractivity contribution in [2.24, 2.45) is 0 Å². The van der Waals surface area contributed by atoms with Crippen LogP contribution < -0.4 is 0 Å². The molecule has 0 aromatic rings. The summed E-state index contributed by atoms with van der Waals surface area (Å²) >= 11 is 0. The van der Waals surface area contributed by atoms with Crippen molar-refractivity contribution in [3.8, 4) is 0 Å². The fourth-order valence-corrected chi connectivity index (χ4v) is 5.35. The third-order valence-corrected chi connectivity index (χ3v) is 7.02. The van der Waals surface area contributed by atoms with Gasteiger partial charge in [0, 0.05) is 0 Å². The summed E-state index contributed by atoms with van der Waals surface area (Å²) in [4.78, 5) is 0. The predicted molar refractivity (Wildman–Crippen MR) is 46.6 cm³/mol. The molecule has 0 amide bonds. The third-order valence-electron chi connectivity index (χ3n) is 2.35. The van der Waals surface area contributed by atoms with E-state index in [-0.39, 0.29) is 0 Å². The molecule has 0 aliphatic carbocycles. The highest BCUT2D eigenvalue weighted by atomic mass is 32.3. The van der Waals surface area contributed by atoms with Gasteiger partial charge in [-0.3, -0.25) is 16.8 Å². The van der Waals surface area contributed by atoms with Gasteiger partial charge in [-0.15, -0.1) is 0 Å². The van der Waals surface area contributed by atoms with Crippen LogP contribution in [0.1, 0.15) is 6.42 Å². The monoisotopic (exact) mass is 373 g/mol. The highest BCUT2D eigenvalue weighted by molar-refractivity contribution is 8.14. The molecule has 15 heteroatoms. The van der Waals surface area contributed by atoms with Crippen LogP contribution in [0.3, 0.4) is 0 Å². The minimum Gasteiger partial charge on any atom is -0.255 e. The highest BCUT2D eigenvalue weighted by Gasteiger charge is 2.83. The quantitative estimate of drug-likeness (QED) is 0.522. The molecule has 0 N–H and O–H groups in total. The molecule has 0 aromatic heterocycles. The van der Waals surface area contributed by atoms with Gasteiger partial charge in [-0.2, -0.15) is 39.5 Å². The maximum absolute atomic E-state index is 13.0. The molecule has 0 bridgehead atoms. The number of halogens is 9. The van der Waals surface area contributed by atoms with Gasteiger partial charge < -0.3 is 0 Å². The van der Waals surface area contributed by atoms with Crippen molar-refractivity contribution in [1.29, 1.82) is 0 Å². The second-order valence-corrected chi connectivity index (χ2v) is 8.06. The number of rotatable bonds is 1. The van der Waals surface area contributed by atoms with Crippen LogP contribution in [0.5, 0.6) is 0 Å². The Morgan fingerprint density at radius 2 is 1.05 bits per heavy atom. The van der Waals surface area contributed by atoms with Crippen molar-refractivity contribution in [3.05, 3.63) is 4.58 Å². The van der Waals surface area contributed by atoms with Crippen molar-refractivity contribution >= 4 is 19.7 Å². The summed E-state index contributed by atoms with van der Waals surface area (Å²) in [5, 5.41) is -13.5. The molecule has 1 heterocycles. The molecule has 0 unspecified atom stereocenters. The fourth-order valence-electron chi connectivity index (χ4n) is 1.29. The largest absolute Gasteiger partial charge is 0.395 e. The molecule has 1 fully saturated rings. The number of sulfone groups is 2. The third kappa shape index (κ3) is 2.10. The van der Waals surface area contributed by atoms with Gasteiger partial charge in [0.25, 0.3) is 0 Å². The molecule has 0 radical (unpaired) electrons. The average Bonchev–Trinajstić information content (AvgIpc) is 2.22. The topological polar surface area (TPSA) is 68.3 Å². The van der Waals surface area contributed by atoms with Gasteiger partial charge in [-0.05, 0) is 0 Å². The van der Waals surface area contributed by atoms with E-state index < -0.39 is 53.3 Å². The predicted octanol–water partition coefficient (Wildman–Crippen LogP) is 2.09. The summed E-state index contributed by atoms with van der Waals surface area (Å²) < 4.78 is 154. The van der Waals surface area contributed by atoms with Crippen molar-refractivity contribution in [2.75, 3.05) is 0 Å². The molecule has 21 heavy (non-hydrogen) atoms. The zero-order valence-corrected chi connectivity index (χ0v) is 10.7. The summed E-state index contributed by atoms with van der Waals surface area (Å²) in [6.07, 6.45) is -9.08. The van der Waals surface area contributed by atoms with Crippen molar-refractivity contribution in [2.45, 2.75) is 29.0 Å². The van der Waals surface area contributed by atoms with E-state index in [2.05, 4.69) is 0 Å². The zero-order chi connectivity index (χ0) is 17.3. The summed E-state index contributed by atoms with van der Waals surface area (Å²) in [7, 11) is -14.4. The van der Waals surface area contributed by atoms with E-state index >= 15 is 0 Å². The Morgan fingerprint density at radius 1 is 0.762 bits per heavy atom. The van der Waals surface area contributed by atoms with Gasteiger partial charge >= 0.3 is 22.6 Å². The van der Waals surface area contributed by atoms with Crippen LogP contribution in [0.4, 0.5) is 39.5 Å². The van der Waals surface area contributed by atoms with E-state index in [0.717, 1.165) is 0 Å². The second-order valence-electron chi connectivity index (χ2n) is 3.78. The molecule has 4 nitrogen and oxygen atoms in total. The minimum absolute atomic E-state index is 3.25. The van der Waals surface area contributed by atoms with Gasteiger partial charge in [-0.25, -0.2) is 0 Å². The lowest BCUT2D eigenvalue weighted by molar-refractivity contribution is -0.245. The van der Waals surface area contributed by atoms with Gasteiger partial charge in [0.1, 0.15) is 19.7 Å². The summed E-state index contributed by atoms with van der Waals surface area (Å²) in [5.41, 5.74) is 0. The Kier molecular flexibility index (Phi) is 3.64. The number of alkyl halides is 9. The molecule has 0 spiro atoms. The van der Waals surface area contributed by atoms with E-state index in [0.29, 0.717) is 0 Å². The Bertz CT molecular complexity index is 596. The van der Waals surface area contributed by atoms with E-state index in [4.69, 9.17) is 0 Å². The summed E-state index contributed by atoms with van der Waals surface area (Å²) in [5.74, 6) is -6.94. The van der Waals surface area contributed by atoms with Crippen LogP contribution in [-0.2, 0) is 19.7 Å². The second kappa shape index (κ2) is 4.17. The molecule has 1 aliphatic heterocycles. The zero-order valence-electron chi connectivity index (χ0n) is 9.06. The standard InChI is InChI=1S/C6H2F9O4S2/c7-3(8,9)1-2-20(16,17)5(12,13)4(10,11)6(14,15)21(2,18)19/h1H2/q-1. The fraction of sp³-hybridized carbons (Fsp3) is 0.833. The lowest BCUT2D eigenvalue weighted by atomic mass is 10.3. The first-order valence-corrected chi connectivity index (χ1v) is 7.36. The lowest BCUT2D eigenvalue weighted by Gasteiger charge is -2.46. The van der Waals surface area contributed by atoms with E-state index in [1.165, 1.54) is 0 Å². The number of hydrogen-bond acceptors (Lipinski definition) is 4.